The molecular formula is C14H26ClN3O4. The van der Waals surface area contributed by atoms with Gasteiger partial charge >= 0.3 is 0 Å². The zero-order valence-electron chi connectivity index (χ0n) is 13.0. The van der Waals surface area contributed by atoms with Gasteiger partial charge in [-0.05, 0) is 6.42 Å². The molecule has 0 aromatic rings. The van der Waals surface area contributed by atoms with Crippen LogP contribution < -0.4 is 10.6 Å². The van der Waals surface area contributed by atoms with E-state index in [1.807, 2.05) is 6.92 Å². The van der Waals surface area contributed by atoms with Crippen LogP contribution in [0.4, 0.5) is 0 Å². The Morgan fingerprint density at radius 3 is 2.59 bits per heavy atom. The highest BCUT2D eigenvalue weighted by atomic mass is 35.5. The van der Waals surface area contributed by atoms with E-state index in [0.29, 0.717) is 52.4 Å². The average Bonchev–Trinajstić information content (AvgIpc) is 2.53. The third-order valence-corrected chi connectivity index (χ3v) is 3.79. The highest BCUT2D eigenvalue weighted by molar-refractivity contribution is 5.87. The van der Waals surface area contributed by atoms with Crippen LogP contribution in [0.3, 0.4) is 0 Å². The zero-order valence-corrected chi connectivity index (χ0v) is 13.8. The molecule has 2 aliphatic heterocycles. The number of nitrogens with zero attached hydrogens (tertiary/aromatic N) is 1. The topological polar surface area (TPSA) is 79.9 Å². The van der Waals surface area contributed by atoms with E-state index in [1.54, 1.807) is 4.90 Å². The first-order valence-electron chi connectivity index (χ1n) is 7.67. The van der Waals surface area contributed by atoms with Crippen LogP contribution in [0.15, 0.2) is 0 Å². The van der Waals surface area contributed by atoms with E-state index >= 15 is 0 Å². The summed E-state index contributed by atoms with van der Waals surface area (Å²) in [6.07, 6.45) is 0.934. The molecule has 2 aliphatic rings. The maximum absolute atomic E-state index is 12.4. The van der Waals surface area contributed by atoms with E-state index in [0.717, 1.165) is 6.54 Å². The molecule has 0 aliphatic carbocycles. The smallest absolute Gasteiger partial charge is 0.245 e. The van der Waals surface area contributed by atoms with Gasteiger partial charge in [-0.2, -0.15) is 0 Å². The van der Waals surface area contributed by atoms with Gasteiger partial charge in [0.15, 0.2) is 0 Å². The van der Waals surface area contributed by atoms with Gasteiger partial charge in [0.25, 0.3) is 0 Å². The van der Waals surface area contributed by atoms with Gasteiger partial charge in [0.1, 0.15) is 6.04 Å². The monoisotopic (exact) mass is 335 g/mol. The molecule has 0 spiro atoms. The fourth-order valence-corrected chi connectivity index (χ4v) is 2.57. The number of nitrogens with one attached hydrogen (secondary N) is 2. The molecule has 0 aromatic carbocycles. The number of carbonyl (C=O) groups excluding carboxylic acids is 2. The maximum atomic E-state index is 12.4. The van der Waals surface area contributed by atoms with Crippen LogP contribution in [0.2, 0.25) is 0 Å². The van der Waals surface area contributed by atoms with Gasteiger partial charge in [-0.25, -0.2) is 0 Å². The maximum Gasteiger partial charge on any atom is 0.245 e. The summed E-state index contributed by atoms with van der Waals surface area (Å²) in [7, 11) is 0. The summed E-state index contributed by atoms with van der Waals surface area (Å²) in [6.45, 7) is 6.24. The Morgan fingerprint density at radius 2 is 2.00 bits per heavy atom. The van der Waals surface area contributed by atoms with Crippen molar-refractivity contribution in [1.29, 1.82) is 0 Å². The van der Waals surface area contributed by atoms with Gasteiger partial charge in [-0.15, -0.1) is 12.4 Å². The molecule has 2 amide bonds. The quantitative estimate of drug-likeness (QED) is 0.711. The first kappa shape index (κ1) is 19.2. The second-order valence-electron chi connectivity index (χ2n) is 5.40. The summed E-state index contributed by atoms with van der Waals surface area (Å²) in [5, 5.41) is 6.08. The predicted molar refractivity (Wildman–Crippen MR) is 84.1 cm³/mol. The number of halogens is 1. The molecule has 2 N–H and O–H groups in total. The number of hydrogen-bond donors (Lipinski definition) is 2. The molecule has 2 heterocycles. The van der Waals surface area contributed by atoms with E-state index < -0.39 is 6.04 Å². The molecule has 2 atom stereocenters. The minimum Gasteiger partial charge on any atom is -0.378 e. The molecule has 128 valence electrons. The van der Waals surface area contributed by atoms with Gasteiger partial charge in [0, 0.05) is 32.1 Å². The minimum absolute atomic E-state index is 0. The molecule has 0 aromatic heterocycles. The van der Waals surface area contributed by atoms with Crippen LogP contribution in [0, 0.1) is 0 Å². The summed E-state index contributed by atoms with van der Waals surface area (Å²) < 4.78 is 10.6. The molecule has 22 heavy (non-hydrogen) atoms. The summed E-state index contributed by atoms with van der Waals surface area (Å²) in [5.41, 5.74) is 0. The van der Waals surface area contributed by atoms with Gasteiger partial charge in [0.2, 0.25) is 11.8 Å². The molecule has 8 heteroatoms. The standard InChI is InChI=1S/C14H25N3O4.ClH/c1-2-12(14(19)17-4-7-20-8-5-17)16-13(18)9-11-10-21-6-3-15-11;/h11-12,15H,2-10H2,1H3,(H,16,18);1H. The van der Waals surface area contributed by atoms with E-state index in [2.05, 4.69) is 10.6 Å². The Labute approximate surface area is 137 Å². The second kappa shape index (κ2) is 9.99. The second-order valence-corrected chi connectivity index (χ2v) is 5.40. The van der Waals surface area contributed by atoms with Gasteiger partial charge in [0.05, 0.1) is 26.4 Å². The molecule has 2 saturated heterocycles. The fourth-order valence-electron chi connectivity index (χ4n) is 2.57. The van der Waals surface area contributed by atoms with Crippen LogP contribution in [0.1, 0.15) is 19.8 Å². The lowest BCUT2D eigenvalue weighted by molar-refractivity contribution is -0.140. The largest absolute Gasteiger partial charge is 0.378 e. The fraction of sp³-hybridized carbons (Fsp3) is 0.857. The van der Waals surface area contributed by atoms with Crippen LogP contribution >= 0.6 is 12.4 Å². The Balaban J connectivity index is 0.00000242. The number of hydrogen-bond acceptors (Lipinski definition) is 5. The molecular weight excluding hydrogens is 310 g/mol. The van der Waals surface area contributed by atoms with Crippen molar-refractivity contribution in [2.45, 2.75) is 31.8 Å². The first-order valence-corrected chi connectivity index (χ1v) is 7.67. The van der Waals surface area contributed by atoms with Crippen molar-refractivity contribution in [3.63, 3.8) is 0 Å². The highest BCUT2D eigenvalue weighted by Gasteiger charge is 2.26. The molecule has 0 bridgehead atoms. The molecule has 2 unspecified atom stereocenters. The zero-order chi connectivity index (χ0) is 15.1. The van der Waals surface area contributed by atoms with Crippen LogP contribution in [-0.4, -0.2) is 74.9 Å². The average molecular weight is 336 g/mol. The van der Waals surface area contributed by atoms with Crippen LogP contribution in [-0.2, 0) is 19.1 Å². The van der Waals surface area contributed by atoms with Crippen LogP contribution in [0.5, 0.6) is 0 Å². The van der Waals surface area contributed by atoms with E-state index in [-0.39, 0.29) is 30.3 Å². The molecule has 0 saturated carbocycles. The Bertz CT molecular complexity index is 358. The van der Waals surface area contributed by atoms with Crippen molar-refractivity contribution < 1.29 is 19.1 Å². The number of carbonyl (C=O) groups is 2. The van der Waals surface area contributed by atoms with Crippen molar-refractivity contribution in [1.82, 2.24) is 15.5 Å². The van der Waals surface area contributed by atoms with Gasteiger partial charge in [-0.3, -0.25) is 9.59 Å². The summed E-state index contributed by atoms with van der Waals surface area (Å²) >= 11 is 0. The third kappa shape index (κ3) is 5.72. The summed E-state index contributed by atoms with van der Waals surface area (Å²) in [5.74, 6) is -0.117. The Hall–Kier alpha value is -0.890. The van der Waals surface area contributed by atoms with Gasteiger partial charge < -0.3 is 25.0 Å². The lowest BCUT2D eigenvalue weighted by Gasteiger charge is -2.31. The Morgan fingerprint density at radius 1 is 1.27 bits per heavy atom. The van der Waals surface area contributed by atoms with Crippen molar-refractivity contribution in [2.75, 3.05) is 46.1 Å². The molecule has 0 radical (unpaired) electrons. The van der Waals surface area contributed by atoms with Crippen LogP contribution in [0.25, 0.3) is 0 Å². The summed E-state index contributed by atoms with van der Waals surface area (Å²) in [6, 6.07) is -0.408. The number of amides is 2. The third-order valence-electron chi connectivity index (χ3n) is 3.79. The number of rotatable bonds is 5. The summed E-state index contributed by atoms with van der Waals surface area (Å²) in [4.78, 5) is 26.2. The SMILES string of the molecule is CCC(NC(=O)CC1COCCN1)C(=O)N1CCOCC1.Cl. The van der Waals surface area contributed by atoms with Crippen molar-refractivity contribution in [3.05, 3.63) is 0 Å². The lowest BCUT2D eigenvalue weighted by atomic mass is 10.1. The van der Waals surface area contributed by atoms with E-state index in [9.17, 15) is 9.59 Å². The highest BCUT2D eigenvalue weighted by Crippen LogP contribution is 2.05. The molecule has 2 fully saturated rings. The number of morpholine rings is 2. The van der Waals surface area contributed by atoms with E-state index in [1.165, 1.54) is 0 Å². The molecule has 7 nitrogen and oxygen atoms in total. The normalized spacial score (nSPS) is 23.3. The van der Waals surface area contributed by atoms with Gasteiger partial charge in [-0.1, -0.05) is 6.92 Å². The van der Waals surface area contributed by atoms with Crippen molar-refractivity contribution >= 4 is 24.2 Å². The predicted octanol–water partition coefficient (Wildman–Crippen LogP) is -0.460. The first-order chi connectivity index (χ1) is 10.2. The molecule has 2 rings (SSSR count). The Kier molecular flexibility index (Phi) is 8.70. The van der Waals surface area contributed by atoms with E-state index in [4.69, 9.17) is 9.47 Å². The van der Waals surface area contributed by atoms with Crippen molar-refractivity contribution in [3.8, 4) is 0 Å². The minimum atomic E-state index is -0.444. The lowest BCUT2D eigenvalue weighted by Crippen LogP contribution is -2.52. The number of ether oxygens (including phenoxy) is 2. The van der Waals surface area contributed by atoms with Crippen molar-refractivity contribution in [2.24, 2.45) is 0 Å².